The van der Waals surface area contributed by atoms with E-state index in [9.17, 15) is 26.3 Å². The Morgan fingerprint density at radius 3 is 1.31 bits per heavy atom. The number of benzene rings is 4. The third-order valence-electron chi connectivity index (χ3n) is 7.96. The van der Waals surface area contributed by atoms with Crippen LogP contribution < -0.4 is 18.9 Å². The monoisotopic (exact) mass is 686 g/mol. The molecule has 0 saturated carbocycles. The highest BCUT2D eigenvalue weighted by molar-refractivity contribution is 5.68. The van der Waals surface area contributed by atoms with Crippen molar-refractivity contribution in [3.63, 3.8) is 0 Å². The third-order valence-corrected chi connectivity index (χ3v) is 7.96. The maximum Gasteiger partial charge on any atom is 0.201 e. The van der Waals surface area contributed by atoms with Gasteiger partial charge in [-0.05, 0) is 107 Å². The lowest BCUT2D eigenvalue weighted by molar-refractivity contribution is 0.292. The number of rotatable bonds is 19. The molecule has 0 amide bonds. The quantitative estimate of drug-likeness (QED) is 0.0559. The summed E-state index contributed by atoms with van der Waals surface area (Å²) in [5.74, 6) is -5.73. The molecule has 0 aliphatic heterocycles. The van der Waals surface area contributed by atoms with E-state index in [0.717, 1.165) is 50.7 Å². The van der Waals surface area contributed by atoms with Crippen LogP contribution >= 0.6 is 0 Å². The summed E-state index contributed by atoms with van der Waals surface area (Å²) in [6.07, 6.45) is 6.85. The van der Waals surface area contributed by atoms with Gasteiger partial charge in [-0.25, -0.2) is 17.6 Å². The van der Waals surface area contributed by atoms with Crippen LogP contribution in [0.5, 0.6) is 23.0 Å². The molecule has 0 atom stereocenters. The van der Waals surface area contributed by atoms with Crippen molar-refractivity contribution in [3.8, 4) is 45.3 Å². The first-order chi connectivity index (χ1) is 23.7. The summed E-state index contributed by atoms with van der Waals surface area (Å²) in [5, 5.41) is 0. The van der Waals surface area contributed by atoms with Crippen LogP contribution in [0.4, 0.5) is 26.3 Å². The fourth-order valence-electron chi connectivity index (χ4n) is 5.40. The van der Waals surface area contributed by atoms with Crippen LogP contribution in [-0.4, -0.2) is 26.4 Å². The molecule has 49 heavy (non-hydrogen) atoms. The van der Waals surface area contributed by atoms with Crippen molar-refractivity contribution in [3.05, 3.63) is 108 Å². The fraction of sp³-hybridized carbons (Fsp3) is 0.333. The average Bonchev–Trinajstić information content (AvgIpc) is 3.09. The highest BCUT2D eigenvalue weighted by atomic mass is 19.2. The van der Waals surface area contributed by atoms with Crippen LogP contribution in [0.1, 0.15) is 52.4 Å². The molecule has 4 aromatic rings. The number of ether oxygens (including phenoxy) is 4. The summed E-state index contributed by atoms with van der Waals surface area (Å²) in [4.78, 5) is 0. The predicted molar refractivity (Wildman–Crippen MR) is 178 cm³/mol. The van der Waals surface area contributed by atoms with E-state index in [0.29, 0.717) is 24.7 Å². The zero-order valence-electron chi connectivity index (χ0n) is 27.6. The maximum atomic E-state index is 14.8. The van der Waals surface area contributed by atoms with E-state index in [2.05, 4.69) is 6.58 Å². The van der Waals surface area contributed by atoms with Crippen LogP contribution in [0.15, 0.2) is 73.3 Å². The van der Waals surface area contributed by atoms with Crippen molar-refractivity contribution in [2.45, 2.75) is 52.4 Å². The van der Waals surface area contributed by atoms with Crippen molar-refractivity contribution in [2.75, 3.05) is 26.4 Å². The Bertz CT molecular complexity index is 1590. The minimum Gasteiger partial charge on any atom is -0.493 e. The van der Waals surface area contributed by atoms with Gasteiger partial charge in [0.1, 0.15) is 23.1 Å². The van der Waals surface area contributed by atoms with Crippen molar-refractivity contribution in [1.29, 1.82) is 0 Å². The summed E-state index contributed by atoms with van der Waals surface area (Å²) in [6, 6.07) is 13.2. The van der Waals surface area contributed by atoms with Crippen LogP contribution in [0, 0.1) is 40.8 Å². The normalized spacial score (nSPS) is 11.1. The van der Waals surface area contributed by atoms with E-state index < -0.39 is 34.9 Å². The second-order valence-electron chi connectivity index (χ2n) is 11.3. The first-order valence-corrected chi connectivity index (χ1v) is 16.4. The van der Waals surface area contributed by atoms with E-state index in [1.165, 1.54) is 48.5 Å². The van der Waals surface area contributed by atoms with Gasteiger partial charge in [0.05, 0.1) is 26.4 Å². The summed E-state index contributed by atoms with van der Waals surface area (Å²) >= 11 is 0. The number of halogens is 6. The maximum absolute atomic E-state index is 14.8. The Kier molecular flexibility index (Phi) is 13.9. The molecule has 4 nitrogen and oxygen atoms in total. The lowest BCUT2D eigenvalue weighted by Gasteiger charge is -2.14. The molecule has 4 aromatic carbocycles. The van der Waals surface area contributed by atoms with Crippen molar-refractivity contribution < 1.29 is 45.3 Å². The van der Waals surface area contributed by atoms with E-state index >= 15 is 0 Å². The molecule has 0 heterocycles. The van der Waals surface area contributed by atoms with Crippen molar-refractivity contribution >= 4 is 0 Å². The zero-order chi connectivity index (χ0) is 35.3. The number of hydrogen-bond acceptors (Lipinski definition) is 4. The second kappa shape index (κ2) is 18.2. The Balaban J connectivity index is 1.15. The largest absolute Gasteiger partial charge is 0.493 e. The molecule has 0 aliphatic carbocycles. The molecule has 0 N–H and O–H groups in total. The van der Waals surface area contributed by atoms with Crippen molar-refractivity contribution in [2.24, 2.45) is 5.92 Å². The molecule has 0 aliphatic rings. The lowest BCUT2D eigenvalue weighted by atomic mass is 9.96. The van der Waals surface area contributed by atoms with Crippen LogP contribution in [0.3, 0.4) is 0 Å². The molecule has 4 rings (SSSR count). The fourth-order valence-corrected chi connectivity index (χ4v) is 5.40. The SMILES string of the molecule is C=CC(CCCCOc1ccc(-c2ccc(OCC)c(F)c2F)c(F)c1)CCCCOc1ccc(-c2ccc(OCC)c(F)c2F)c(F)c1. The molecule has 0 bridgehead atoms. The Morgan fingerprint density at radius 2 is 0.939 bits per heavy atom. The van der Waals surface area contributed by atoms with Gasteiger partial charge in [-0.3, -0.25) is 0 Å². The molecular formula is C39H40F6O4. The summed E-state index contributed by atoms with van der Waals surface area (Å²) in [6.45, 7) is 8.30. The van der Waals surface area contributed by atoms with Gasteiger partial charge in [-0.2, -0.15) is 8.78 Å². The lowest BCUT2D eigenvalue weighted by Crippen LogP contribution is -2.03. The molecule has 262 valence electrons. The van der Waals surface area contributed by atoms with E-state index in [4.69, 9.17) is 18.9 Å². The molecule has 0 aromatic heterocycles. The van der Waals surface area contributed by atoms with Gasteiger partial charge in [-0.1, -0.05) is 6.08 Å². The summed E-state index contributed by atoms with van der Waals surface area (Å²) in [5.41, 5.74) is -0.559. The standard InChI is InChI=1S/C39H40F6O4/c1-4-25(11-7-9-21-48-26-13-15-28(32(40)23-26)30-17-19-34(46-5-2)38(44)36(30)42)12-8-10-22-49-27-14-16-29(33(41)24-27)31-18-20-35(47-6-3)39(45)37(31)43/h4,13-20,23-25H,1,5-12,21-22H2,2-3H3. The van der Waals surface area contributed by atoms with Gasteiger partial charge in [-0.15, -0.1) is 6.58 Å². The highest BCUT2D eigenvalue weighted by Crippen LogP contribution is 2.34. The van der Waals surface area contributed by atoms with Gasteiger partial charge in [0.25, 0.3) is 0 Å². The molecule has 0 unspecified atom stereocenters. The van der Waals surface area contributed by atoms with Crippen molar-refractivity contribution in [1.82, 2.24) is 0 Å². The minimum absolute atomic E-state index is 0.0781. The van der Waals surface area contributed by atoms with Gasteiger partial charge in [0, 0.05) is 34.4 Å². The average molecular weight is 687 g/mol. The predicted octanol–water partition coefficient (Wildman–Crippen LogP) is 11.3. The van der Waals surface area contributed by atoms with Crippen LogP contribution in [0.25, 0.3) is 22.3 Å². The summed E-state index contributed by atoms with van der Waals surface area (Å²) < 4.78 is 109. The molecule has 0 fully saturated rings. The second-order valence-corrected chi connectivity index (χ2v) is 11.3. The van der Waals surface area contributed by atoms with Crippen LogP contribution in [0.2, 0.25) is 0 Å². The number of unbranched alkanes of at least 4 members (excludes halogenated alkanes) is 2. The van der Waals surface area contributed by atoms with Gasteiger partial charge < -0.3 is 18.9 Å². The van der Waals surface area contributed by atoms with Crippen LogP contribution in [-0.2, 0) is 0 Å². The summed E-state index contributed by atoms with van der Waals surface area (Å²) in [7, 11) is 0. The Hall–Kier alpha value is -4.60. The Labute approximate surface area is 283 Å². The van der Waals surface area contributed by atoms with Gasteiger partial charge in [0.15, 0.2) is 23.1 Å². The first-order valence-electron chi connectivity index (χ1n) is 16.4. The highest BCUT2D eigenvalue weighted by Gasteiger charge is 2.20. The third kappa shape index (κ3) is 9.74. The minimum atomic E-state index is -1.18. The number of allylic oxidation sites excluding steroid dienone is 1. The van der Waals surface area contributed by atoms with E-state index in [-0.39, 0.29) is 52.9 Å². The molecule has 0 spiro atoms. The molecule has 10 heteroatoms. The van der Waals surface area contributed by atoms with E-state index in [1.54, 1.807) is 13.8 Å². The smallest absolute Gasteiger partial charge is 0.201 e. The first kappa shape index (κ1) is 37.2. The topological polar surface area (TPSA) is 36.9 Å². The van der Waals surface area contributed by atoms with Gasteiger partial charge in [0.2, 0.25) is 11.6 Å². The Morgan fingerprint density at radius 1 is 0.531 bits per heavy atom. The van der Waals surface area contributed by atoms with E-state index in [1.807, 2.05) is 6.08 Å². The molecule has 0 radical (unpaired) electrons. The molecule has 0 saturated heterocycles. The number of hydrogen-bond donors (Lipinski definition) is 0. The van der Waals surface area contributed by atoms with Gasteiger partial charge >= 0.3 is 0 Å². The zero-order valence-corrected chi connectivity index (χ0v) is 27.6. The molecular weight excluding hydrogens is 646 g/mol.